The van der Waals surface area contributed by atoms with Crippen LogP contribution in [0.5, 0.6) is 0 Å². The second kappa shape index (κ2) is 13.9. The van der Waals surface area contributed by atoms with Gasteiger partial charge in [0.05, 0.1) is 18.3 Å². The largest absolute Gasteiger partial charge is 0.481 e. The molecule has 5 atom stereocenters. The van der Waals surface area contributed by atoms with Crippen LogP contribution in [0.2, 0.25) is 0 Å². The summed E-state index contributed by atoms with van der Waals surface area (Å²) in [4.78, 5) is 10.5. The minimum atomic E-state index is -0.777. The van der Waals surface area contributed by atoms with Crippen molar-refractivity contribution in [2.24, 2.45) is 11.8 Å². The molecular weight excluding hydrogens is 344 g/mol. The number of aliphatic carboxylic acids is 1. The number of unbranched alkanes of at least 4 members (excludes halogenated alkanes) is 5. The molecule has 156 valence electrons. The Hall–Kier alpha value is -1.17. The molecule has 0 unspecified atom stereocenters. The number of carboxylic acids is 1. The molecule has 0 saturated heterocycles. The number of hydrogen-bond acceptors (Lipinski definition) is 4. The number of rotatable bonds is 14. The Bertz CT molecular complexity index is 460. The summed E-state index contributed by atoms with van der Waals surface area (Å²) in [5.41, 5.74) is 0. The lowest BCUT2D eigenvalue weighted by Crippen LogP contribution is -2.21. The van der Waals surface area contributed by atoms with Crippen molar-refractivity contribution in [2.75, 3.05) is 0 Å². The van der Waals surface area contributed by atoms with Gasteiger partial charge < -0.3 is 20.4 Å². The van der Waals surface area contributed by atoms with E-state index in [1.54, 1.807) is 6.08 Å². The van der Waals surface area contributed by atoms with E-state index in [-0.39, 0.29) is 18.3 Å². The number of carboxylic acid groups (broad SMARTS) is 1. The quantitative estimate of drug-likeness (QED) is 0.270. The van der Waals surface area contributed by atoms with E-state index in [4.69, 9.17) is 5.11 Å². The van der Waals surface area contributed by atoms with Crippen LogP contribution in [0.1, 0.15) is 77.6 Å². The minimum absolute atomic E-state index is 0.0298. The highest BCUT2D eigenvalue weighted by Gasteiger charge is 2.39. The summed E-state index contributed by atoms with van der Waals surface area (Å²) in [5, 5.41) is 39.2. The topological polar surface area (TPSA) is 98.0 Å². The first kappa shape index (κ1) is 23.9. The Labute approximate surface area is 163 Å². The van der Waals surface area contributed by atoms with Gasteiger partial charge in [-0.3, -0.25) is 4.79 Å². The zero-order valence-corrected chi connectivity index (χ0v) is 16.7. The summed E-state index contributed by atoms with van der Waals surface area (Å²) in [6.07, 6.45) is 14.8. The molecule has 0 aromatic rings. The number of aliphatic hydroxyl groups excluding tert-OH is 3. The number of aliphatic hydroxyl groups is 3. The van der Waals surface area contributed by atoms with Gasteiger partial charge in [-0.05, 0) is 38.0 Å². The van der Waals surface area contributed by atoms with Crippen molar-refractivity contribution < 1.29 is 25.2 Å². The fourth-order valence-corrected chi connectivity index (χ4v) is 3.81. The molecule has 0 heterocycles. The smallest absolute Gasteiger partial charge is 0.303 e. The molecule has 0 bridgehead atoms. The first-order valence-electron chi connectivity index (χ1n) is 10.5. The molecule has 0 radical (unpaired) electrons. The predicted molar refractivity (Wildman–Crippen MR) is 107 cm³/mol. The van der Waals surface area contributed by atoms with Crippen molar-refractivity contribution in [3.63, 3.8) is 0 Å². The van der Waals surface area contributed by atoms with Crippen molar-refractivity contribution >= 4 is 5.97 Å². The van der Waals surface area contributed by atoms with Gasteiger partial charge in [-0.15, -0.1) is 0 Å². The van der Waals surface area contributed by atoms with Crippen LogP contribution in [-0.4, -0.2) is 44.7 Å². The van der Waals surface area contributed by atoms with E-state index in [2.05, 4.69) is 13.0 Å². The standard InChI is InChI=1S/C22H38O5/c1-2-3-4-5-6-8-11-17(23)14-15-19-18(20(24)16-21(19)25)12-9-7-10-13-22(26)27/h6,8,14-15,17-21,23-25H,2-5,7,9-13,16H2,1H3,(H,26,27)/b8-6-,15-14+/t17-,18-,19-,20+,21-/m1/s1. The lowest BCUT2D eigenvalue weighted by atomic mass is 9.88. The van der Waals surface area contributed by atoms with Crippen molar-refractivity contribution in [3.8, 4) is 0 Å². The minimum Gasteiger partial charge on any atom is -0.481 e. The molecule has 0 amide bonds. The van der Waals surface area contributed by atoms with Crippen molar-refractivity contribution in [2.45, 2.75) is 95.9 Å². The van der Waals surface area contributed by atoms with Crippen molar-refractivity contribution in [3.05, 3.63) is 24.3 Å². The molecule has 0 spiro atoms. The van der Waals surface area contributed by atoms with Crippen LogP contribution in [0.4, 0.5) is 0 Å². The van der Waals surface area contributed by atoms with E-state index in [1.165, 1.54) is 19.3 Å². The maximum atomic E-state index is 10.5. The number of hydrogen-bond donors (Lipinski definition) is 4. The van der Waals surface area contributed by atoms with E-state index in [0.29, 0.717) is 19.3 Å². The first-order valence-corrected chi connectivity index (χ1v) is 10.5. The molecular formula is C22H38O5. The Kier molecular flexibility index (Phi) is 12.3. The van der Waals surface area contributed by atoms with Gasteiger partial charge in [-0.25, -0.2) is 0 Å². The maximum absolute atomic E-state index is 10.5. The van der Waals surface area contributed by atoms with Gasteiger partial charge in [0.1, 0.15) is 0 Å². The van der Waals surface area contributed by atoms with Gasteiger partial charge in [0.15, 0.2) is 0 Å². The molecule has 1 fully saturated rings. The summed E-state index contributed by atoms with van der Waals surface area (Å²) >= 11 is 0. The van der Waals surface area contributed by atoms with Gasteiger partial charge >= 0.3 is 5.97 Å². The molecule has 0 aromatic carbocycles. The van der Waals surface area contributed by atoms with Crippen LogP contribution in [-0.2, 0) is 4.79 Å². The molecule has 1 aliphatic rings. The number of carbonyl (C=O) groups is 1. The van der Waals surface area contributed by atoms with Crippen LogP contribution in [0.15, 0.2) is 24.3 Å². The van der Waals surface area contributed by atoms with Gasteiger partial charge in [-0.1, -0.05) is 56.9 Å². The van der Waals surface area contributed by atoms with Gasteiger partial charge in [0.2, 0.25) is 0 Å². The van der Waals surface area contributed by atoms with E-state index in [1.807, 2.05) is 12.2 Å². The van der Waals surface area contributed by atoms with Gasteiger partial charge in [-0.2, -0.15) is 0 Å². The summed E-state index contributed by atoms with van der Waals surface area (Å²) in [6.45, 7) is 2.18. The van der Waals surface area contributed by atoms with Crippen molar-refractivity contribution in [1.82, 2.24) is 0 Å². The van der Waals surface area contributed by atoms with Gasteiger partial charge in [0, 0.05) is 18.8 Å². The SMILES string of the molecule is CCCCC/C=C\C[C@@H](O)/C=C/[C@@H]1[C@@H](CCCCCC(=O)O)[C@@H](O)C[C@H]1O. The molecule has 1 aliphatic carbocycles. The lowest BCUT2D eigenvalue weighted by molar-refractivity contribution is -0.137. The number of allylic oxidation sites excluding steroid dienone is 1. The molecule has 27 heavy (non-hydrogen) atoms. The molecule has 1 rings (SSSR count). The van der Waals surface area contributed by atoms with E-state index in [9.17, 15) is 20.1 Å². The molecule has 4 N–H and O–H groups in total. The van der Waals surface area contributed by atoms with Gasteiger partial charge in [0.25, 0.3) is 0 Å². The zero-order valence-electron chi connectivity index (χ0n) is 16.7. The molecule has 1 saturated carbocycles. The first-order chi connectivity index (χ1) is 13.0. The van der Waals surface area contributed by atoms with E-state index in [0.717, 1.165) is 25.7 Å². The van der Waals surface area contributed by atoms with Crippen molar-refractivity contribution in [1.29, 1.82) is 0 Å². The molecule has 0 aliphatic heterocycles. The van der Waals surface area contributed by atoms with E-state index >= 15 is 0 Å². The predicted octanol–water partition coefficient (Wildman–Crippen LogP) is 3.82. The zero-order chi connectivity index (χ0) is 20.1. The van der Waals surface area contributed by atoms with Crippen LogP contribution in [0.25, 0.3) is 0 Å². The highest BCUT2D eigenvalue weighted by Crippen LogP contribution is 2.37. The molecule has 0 aromatic heterocycles. The Morgan fingerprint density at radius 3 is 2.56 bits per heavy atom. The summed E-state index contributed by atoms with van der Waals surface area (Å²) in [5.74, 6) is -0.957. The Morgan fingerprint density at radius 2 is 1.85 bits per heavy atom. The molecule has 5 heteroatoms. The summed E-state index contributed by atoms with van der Waals surface area (Å²) in [6, 6.07) is 0. The lowest BCUT2D eigenvalue weighted by Gasteiger charge is -2.21. The molecule has 5 nitrogen and oxygen atoms in total. The van der Waals surface area contributed by atoms with Crippen LogP contribution < -0.4 is 0 Å². The maximum Gasteiger partial charge on any atom is 0.303 e. The summed E-state index contributed by atoms with van der Waals surface area (Å²) in [7, 11) is 0. The third kappa shape index (κ3) is 10.1. The summed E-state index contributed by atoms with van der Waals surface area (Å²) < 4.78 is 0. The average molecular weight is 383 g/mol. The fourth-order valence-electron chi connectivity index (χ4n) is 3.81. The average Bonchev–Trinajstić information content (AvgIpc) is 2.88. The Balaban J connectivity index is 2.39. The normalized spacial score (nSPS) is 27.0. The highest BCUT2D eigenvalue weighted by molar-refractivity contribution is 5.66. The third-order valence-electron chi connectivity index (χ3n) is 5.42. The highest BCUT2D eigenvalue weighted by atomic mass is 16.4. The monoisotopic (exact) mass is 382 g/mol. The van der Waals surface area contributed by atoms with E-state index < -0.39 is 24.3 Å². The Morgan fingerprint density at radius 1 is 1.07 bits per heavy atom. The second-order valence-corrected chi connectivity index (χ2v) is 7.76. The van der Waals surface area contributed by atoms with Crippen LogP contribution in [0, 0.1) is 11.8 Å². The van der Waals surface area contributed by atoms with Crippen LogP contribution in [0.3, 0.4) is 0 Å². The fraction of sp³-hybridized carbons (Fsp3) is 0.773. The third-order valence-corrected chi connectivity index (χ3v) is 5.42. The van der Waals surface area contributed by atoms with Crippen LogP contribution >= 0.6 is 0 Å². The second-order valence-electron chi connectivity index (χ2n) is 7.76.